The predicted molar refractivity (Wildman–Crippen MR) is 103 cm³/mol. The molecule has 1 saturated heterocycles. The third-order valence-electron chi connectivity index (χ3n) is 5.23. The van der Waals surface area contributed by atoms with E-state index in [0.717, 1.165) is 24.0 Å². The van der Waals surface area contributed by atoms with E-state index in [0.29, 0.717) is 44.5 Å². The lowest BCUT2D eigenvalue weighted by molar-refractivity contribution is -0.139. The quantitative estimate of drug-likeness (QED) is 0.681. The summed E-state index contributed by atoms with van der Waals surface area (Å²) in [7, 11) is 0. The second kappa shape index (κ2) is 9.65. The van der Waals surface area contributed by atoms with Crippen molar-refractivity contribution in [2.75, 3.05) is 19.6 Å². The third kappa shape index (κ3) is 5.63. The molecule has 0 aromatic heterocycles. The Morgan fingerprint density at radius 1 is 1.26 bits per heavy atom. The number of ketones is 1. The SMILES string of the molecule is CCCC(C)C(=O)CCN1CCC(=O)N1CCc1ccc(C(=O)O)c(C)c1. The van der Waals surface area contributed by atoms with Gasteiger partial charge in [0.25, 0.3) is 0 Å². The number of carboxylic acids is 1. The minimum absolute atomic E-state index is 0.0810. The first kappa shape index (κ1) is 21.1. The molecule has 0 radical (unpaired) electrons. The molecule has 1 N–H and O–H groups in total. The number of carboxylic acid groups (broad SMARTS) is 1. The van der Waals surface area contributed by atoms with Crippen molar-refractivity contribution >= 4 is 17.7 Å². The molecular formula is C21H30N2O4. The number of aryl methyl sites for hydroxylation is 1. The van der Waals surface area contributed by atoms with Crippen LogP contribution < -0.4 is 0 Å². The van der Waals surface area contributed by atoms with Crippen LogP contribution in [0.4, 0.5) is 0 Å². The number of hydrazine groups is 1. The Morgan fingerprint density at radius 2 is 2.00 bits per heavy atom. The Hall–Kier alpha value is -2.21. The molecule has 1 aliphatic rings. The van der Waals surface area contributed by atoms with Crippen molar-refractivity contribution in [3.8, 4) is 0 Å². The van der Waals surface area contributed by atoms with Gasteiger partial charge in [-0.1, -0.05) is 32.4 Å². The molecule has 1 aromatic rings. The number of amides is 1. The topological polar surface area (TPSA) is 77.9 Å². The third-order valence-corrected chi connectivity index (χ3v) is 5.23. The summed E-state index contributed by atoms with van der Waals surface area (Å²) in [4.78, 5) is 35.5. The van der Waals surface area contributed by atoms with E-state index in [1.165, 1.54) is 0 Å². The molecule has 1 atom stereocenters. The van der Waals surface area contributed by atoms with Crippen molar-refractivity contribution in [2.45, 2.75) is 52.9 Å². The summed E-state index contributed by atoms with van der Waals surface area (Å²) < 4.78 is 0. The lowest BCUT2D eigenvalue weighted by Crippen LogP contribution is -2.41. The summed E-state index contributed by atoms with van der Waals surface area (Å²) in [6, 6.07) is 5.28. The predicted octanol–water partition coefficient (Wildman–Crippen LogP) is 3.08. The van der Waals surface area contributed by atoms with Gasteiger partial charge in [-0.15, -0.1) is 0 Å². The maximum atomic E-state index is 12.2. The van der Waals surface area contributed by atoms with Gasteiger partial charge in [-0.3, -0.25) is 14.6 Å². The van der Waals surface area contributed by atoms with Gasteiger partial charge in [-0.25, -0.2) is 9.80 Å². The number of Topliss-reactive ketones (excluding diaryl/α,β-unsaturated/α-hetero) is 1. The van der Waals surface area contributed by atoms with Crippen LogP contribution in [0.25, 0.3) is 0 Å². The van der Waals surface area contributed by atoms with Crippen LogP contribution in [-0.4, -0.2) is 52.4 Å². The molecule has 0 spiro atoms. The van der Waals surface area contributed by atoms with Gasteiger partial charge < -0.3 is 5.11 Å². The van der Waals surface area contributed by atoms with Crippen molar-refractivity contribution in [1.82, 2.24) is 10.0 Å². The van der Waals surface area contributed by atoms with Crippen LogP contribution in [0.5, 0.6) is 0 Å². The van der Waals surface area contributed by atoms with Crippen LogP contribution in [0.15, 0.2) is 18.2 Å². The number of rotatable bonds is 10. The molecule has 0 saturated carbocycles. The zero-order valence-electron chi connectivity index (χ0n) is 16.5. The highest BCUT2D eigenvalue weighted by molar-refractivity contribution is 5.89. The summed E-state index contributed by atoms with van der Waals surface area (Å²) >= 11 is 0. The number of hydrogen-bond acceptors (Lipinski definition) is 4. The van der Waals surface area contributed by atoms with Crippen molar-refractivity contribution in [1.29, 1.82) is 0 Å². The molecule has 1 unspecified atom stereocenters. The van der Waals surface area contributed by atoms with E-state index >= 15 is 0 Å². The average Bonchev–Trinajstić information content (AvgIpc) is 2.97. The summed E-state index contributed by atoms with van der Waals surface area (Å²) in [6.07, 6.45) is 3.52. The van der Waals surface area contributed by atoms with Gasteiger partial charge in [0, 0.05) is 38.4 Å². The molecule has 1 aromatic carbocycles. The van der Waals surface area contributed by atoms with Crippen LogP contribution >= 0.6 is 0 Å². The largest absolute Gasteiger partial charge is 0.478 e. The molecule has 0 aliphatic carbocycles. The van der Waals surface area contributed by atoms with Crippen molar-refractivity contribution in [2.24, 2.45) is 5.92 Å². The zero-order chi connectivity index (χ0) is 20.0. The van der Waals surface area contributed by atoms with E-state index in [1.54, 1.807) is 24.1 Å². The molecule has 148 valence electrons. The summed E-state index contributed by atoms with van der Waals surface area (Å²) in [6.45, 7) is 7.62. The van der Waals surface area contributed by atoms with Crippen molar-refractivity contribution < 1.29 is 19.5 Å². The van der Waals surface area contributed by atoms with Gasteiger partial charge in [0.1, 0.15) is 5.78 Å². The van der Waals surface area contributed by atoms with Gasteiger partial charge >= 0.3 is 5.97 Å². The van der Waals surface area contributed by atoms with Crippen LogP contribution in [0.3, 0.4) is 0 Å². The molecule has 6 nitrogen and oxygen atoms in total. The van der Waals surface area contributed by atoms with Crippen molar-refractivity contribution in [3.05, 3.63) is 34.9 Å². The van der Waals surface area contributed by atoms with Gasteiger partial charge in [-0.2, -0.15) is 0 Å². The molecule has 0 bridgehead atoms. The van der Waals surface area contributed by atoms with E-state index in [2.05, 4.69) is 6.92 Å². The normalized spacial score (nSPS) is 16.0. The lowest BCUT2D eigenvalue weighted by Gasteiger charge is -2.28. The smallest absolute Gasteiger partial charge is 0.335 e. The lowest BCUT2D eigenvalue weighted by atomic mass is 9.99. The Balaban J connectivity index is 1.92. The second-order valence-electron chi connectivity index (χ2n) is 7.33. The minimum atomic E-state index is -0.929. The van der Waals surface area contributed by atoms with Crippen LogP contribution in [-0.2, 0) is 16.0 Å². The monoisotopic (exact) mass is 374 g/mol. The number of carbonyl (C=O) groups excluding carboxylic acids is 2. The molecule has 2 rings (SSSR count). The van der Waals surface area contributed by atoms with Crippen molar-refractivity contribution in [3.63, 3.8) is 0 Å². The second-order valence-corrected chi connectivity index (χ2v) is 7.33. The minimum Gasteiger partial charge on any atom is -0.478 e. The van der Waals surface area contributed by atoms with E-state index in [9.17, 15) is 14.4 Å². The average molecular weight is 374 g/mol. The van der Waals surface area contributed by atoms with Crippen LogP contribution in [0.2, 0.25) is 0 Å². The first-order valence-electron chi connectivity index (χ1n) is 9.74. The van der Waals surface area contributed by atoms with Gasteiger partial charge in [-0.05, 0) is 37.0 Å². The molecular weight excluding hydrogens is 344 g/mol. The van der Waals surface area contributed by atoms with Gasteiger partial charge in [0.15, 0.2) is 0 Å². The number of benzene rings is 1. The summed E-state index contributed by atoms with van der Waals surface area (Å²) in [5, 5.41) is 12.8. The molecule has 1 aliphatic heterocycles. The summed E-state index contributed by atoms with van der Waals surface area (Å²) in [5.74, 6) is -0.502. The van der Waals surface area contributed by atoms with E-state index < -0.39 is 5.97 Å². The Morgan fingerprint density at radius 3 is 2.63 bits per heavy atom. The van der Waals surface area contributed by atoms with Crippen LogP contribution in [0, 0.1) is 12.8 Å². The van der Waals surface area contributed by atoms with Gasteiger partial charge in [0.2, 0.25) is 5.91 Å². The fraction of sp³-hybridized carbons (Fsp3) is 0.571. The maximum absolute atomic E-state index is 12.2. The highest BCUT2D eigenvalue weighted by atomic mass is 16.4. The maximum Gasteiger partial charge on any atom is 0.335 e. The number of carbonyl (C=O) groups is 3. The Kier molecular flexibility index (Phi) is 7.54. The highest BCUT2D eigenvalue weighted by Crippen LogP contribution is 2.17. The Labute approximate surface area is 161 Å². The molecule has 6 heteroatoms. The van der Waals surface area contributed by atoms with Gasteiger partial charge in [0.05, 0.1) is 5.56 Å². The van der Waals surface area contributed by atoms with Crippen LogP contribution in [0.1, 0.15) is 61.0 Å². The molecule has 27 heavy (non-hydrogen) atoms. The fourth-order valence-electron chi connectivity index (χ4n) is 3.57. The fourth-order valence-corrected chi connectivity index (χ4v) is 3.57. The van der Waals surface area contributed by atoms with E-state index in [4.69, 9.17) is 5.11 Å². The van der Waals surface area contributed by atoms with E-state index in [-0.39, 0.29) is 17.6 Å². The molecule has 1 heterocycles. The molecule has 1 fully saturated rings. The zero-order valence-corrected chi connectivity index (χ0v) is 16.5. The highest BCUT2D eigenvalue weighted by Gasteiger charge is 2.29. The Bertz CT molecular complexity index is 701. The number of aromatic carboxylic acids is 1. The number of hydrogen-bond donors (Lipinski definition) is 1. The molecule has 1 amide bonds. The first-order valence-corrected chi connectivity index (χ1v) is 9.74. The standard InChI is InChI=1S/C21H30N2O4/c1-4-5-15(2)19(24)9-11-22-12-10-20(25)23(22)13-8-17-6-7-18(21(26)27)16(3)14-17/h6-7,14-15H,4-5,8-13H2,1-3H3,(H,26,27). The summed E-state index contributed by atoms with van der Waals surface area (Å²) in [5.41, 5.74) is 2.03. The van der Waals surface area contributed by atoms with E-state index in [1.807, 2.05) is 18.0 Å². The number of nitrogens with zero attached hydrogens (tertiary/aromatic N) is 2. The first-order chi connectivity index (χ1) is 12.8.